The molecule has 29 heavy (non-hydrogen) atoms. The first-order chi connectivity index (χ1) is 13.8. The number of carbonyl (C=O) groups excluding carboxylic acids is 1. The average molecular weight is 386 g/mol. The number of nitrogens with one attached hydrogen (secondary N) is 3. The maximum Gasteiger partial charge on any atom is 0.228 e. The second kappa shape index (κ2) is 7.24. The highest BCUT2D eigenvalue weighted by molar-refractivity contribution is 5.99. The molecular formula is C24H26N4O. The van der Waals surface area contributed by atoms with Gasteiger partial charge in [-0.2, -0.15) is 5.10 Å². The molecule has 0 aliphatic rings. The molecule has 0 radical (unpaired) electrons. The topological polar surface area (TPSA) is 73.6 Å². The number of carbonyl (C=O) groups is 1. The van der Waals surface area contributed by atoms with Gasteiger partial charge < -0.3 is 10.3 Å². The summed E-state index contributed by atoms with van der Waals surface area (Å²) in [6, 6.07) is 12.3. The van der Waals surface area contributed by atoms with Crippen LogP contribution in [0.15, 0.2) is 36.4 Å². The van der Waals surface area contributed by atoms with Gasteiger partial charge in [0.25, 0.3) is 0 Å². The van der Waals surface area contributed by atoms with E-state index in [0.29, 0.717) is 6.42 Å². The molecule has 0 spiro atoms. The van der Waals surface area contributed by atoms with E-state index in [2.05, 4.69) is 52.5 Å². The van der Waals surface area contributed by atoms with Gasteiger partial charge in [0.05, 0.1) is 17.8 Å². The van der Waals surface area contributed by atoms with Crippen LogP contribution in [0.25, 0.3) is 22.2 Å². The SMILES string of the molecule is Cc1ccc(NC(=O)Cc2c(C)[nH]c3c(C)cc(C)cc23)c(-c2cc(C)[nH]n2)c1. The van der Waals surface area contributed by atoms with Gasteiger partial charge in [0.2, 0.25) is 5.91 Å². The molecule has 0 unspecified atom stereocenters. The third kappa shape index (κ3) is 3.68. The minimum absolute atomic E-state index is 0.0366. The molecule has 0 atom stereocenters. The number of anilines is 1. The lowest BCUT2D eigenvalue weighted by atomic mass is 10.0. The first-order valence-electron chi connectivity index (χ1n) is 9.83. The van der Waals surface area contributed by atoms with Crippen LogP contribution in [0.1, 0.15) is 33.6 Å². The fraction of sp³-hybridized carbons (Fsp3) is 0.250. The number of rotatable bonds is 4. The Morgan fingerprint density at radius 1 is 1.00 bits per heavy atom. The second-order valence-corrected chi connectivity index (χ2v) is 7.94. The molecule has 3 N–H and O–H groups in total. The number of aromatic nitrogens is 3. The normalized spacial score (nSPS) is 11.2. The summed E-state index contributed by atoms with van der Waals surface area (Å²) >= 11 is 0. The van der Waals surface area contributed by atoms with Crippen molar-refractivity contribution in [1.82, 2.24) is 15.2 Å². The Kier molecular flexibility index (Phi) is 4.74. The molecule has 2 aromatic carbocycles. The Bertz CT molecular complexity index is 1230. The van der Waals surface area contributed by atoms with Gasteiger partial charge in [-0.25, -0.2) is 0 Å². The molecule has 0 saturated carbocycles. The third-order valence-corrected chi connectivity index (χ3v) is 5.34. The Morgan fingerprint density at radius 2 is 1.79 bits per heavy atom. The number of nitrogens with zero attached hydrogens (tertiary/aromatic N) is 1. The van der Waals surface area contributed by atoms with Crippen LogP contribution >= 0.6 is 0 Å². The fourth-order valence-corrected chi connectivity index (χ4v) is 3.95. The number of H-pyrrole nitrogens is 2. The van der Waals surface area contributed by atoms with Crippen molar-refractivity contribution >= 4 is 22.5 Å². The monoisotopic (exact) mass is 386 g/mol. The van der Waals surface area contributed by atoms with Gasteiger partial charge >= 0.3 is 0 Å². The van der Waals surface area contributed by atoms with Crippen LogP contribution < -0.4 is 5.32 Å². The molecule has 5 nitrogen and oxygen atoms in total. The van der Waals surface area contributed by atoms with Crippen LogP contribution in [0.2, 0.25) is 0 Å². The van der Waals surface area contributed by atoms with E-state index in [1.807, 2.05) is 39.0 Å². The van der Waals surface area contributed by atoms with Crippen LogP contribution in [0.4, 0.5) is 5.69 Å². The summed E-state index contributed by atoms with van der Waals surface area (Å²) in [5, 5.41) is 11.6. The van der Waals surface area contributed by atoms with Gasteiger partial charge in [0, 0.05) is 27.9 Å². The van der Waals surface area contributed by atoms with E-state index in [0.717, 1.165) is 50.4 Å². The molecule has 0 aliphatic carbocycles. The Balaban J connectivity index is 1.65. The summed E-state index contributed by atoms with van der Waals surface area (Å²) in [6.45, 7) is 10.2. The van der Waals surface area contributed by atoms with E-state index in [1.165, 1.54) is 11.1 Å². The van der Waals surface area contributed by atoms with E-state index in [9.17, 15) is 4.79 Å². The first kappa shape index (κ1) is 19.0. The lowest BCUT2D eigenvalue weighted by Crippen LogP contribution is -2.15. The number of hydrogen-bond donors (Lipinski definition) is 3. The molecule has 2 aromatic heterocycles. The smallest absolute Gasteiger partial charge is 0.228 e. The number of aromatic amines is 2. The van der Waals surface area contributed by atoms with Gasteiger partial charge in [-0.3, -0.25) is 9.89 Å². The number of benzene rings is 2. The summed E-state index contributed by atoms with van der Waals surface area (Å²) in [4.78, 5) is 16.4. The van der Waals surface area contributed by atoms with Crippen LogP contribution in [-0.4, -0.2) is 21.1 Å². The van der Waals surface area contributed by atoms with Crippen molar-refractivity contribution in [3.8, 4) is 11.3 Å². The molecule has 0 aliphatic heterocycles. The summed E-state index contributed by atoms with van der Waals surface area (Å²) in [7, 11) is 0. The van der Waals surface area contributed by atoms with Crippen LogP contribution in [-0.2, 0) is 11.2 Å². The Morgan fingerprint density at radius 3 is 2.52 bits per heavy atom. The van der Waals surface area contributed by atoms with Crippen molar-refractivity contribution in [1.29, 1.82) is 0 Å². The third-order valence-electron chi connectivity index (χ3n) is 5.34. The lowest BCUT2D eigenvalue weighted by Gasteiger charge is -2.11. The summed E-state index contributed by atoms with van der Waals surface area (Å²) < 4.78 is 0. The van der Waals surface area contributed by atoms with Crippen molar-refractivity contribution in [2.24, 2.45) is 0 Å². The highest BCUT2D eigenvalue weighted by Gasteiger charge is 2.16. The molecule has 4 aromatic rings. The van der Waals surface area contributed by atoms with Crippen molar-refractivity contribution in [3.63, 3.8) is 0 Å². The van der Waals surface area contributed by atoms with Gasteiger partial charge in [-0.05, 0) is 70.0 Å². The van der Waals surface area contributed by atoms with Crippen LogP contribution in [0.5, 0.6) is 0 Å². The number of amides is 1. The van der Waals surface area contributed by atoms with Gasteiger partial charge in [0.15, 0.2) is 0 Å². The van der Waals surface area contributed by atoms with E-state index < -0.39 is 0 Å². The van der Waals surface area contributed by atoms with Gasteiger partial charge in [-0.15, -0.1) is 0 Å². The largest absolute Gasteiger partial charge is 0.358 e. The zero-order valence-corrected chi connectivity index (χ0v) is 17.5. The minimum atomic E-state index is -0.0366. The van der Waals surface area contributed by atoms with E-state index in [4.69, 9.17) is 0 Å². The Hall–Kier alpha value is -3.34. The number of fused-ring (bicyclic) bond motifs is 1. The number of aryl methyl sites for hydroxylation is 5. The second-order valence-electron chi connectivity index (χ2n) is 7.94. The van der Waals surface area contributed by atoms with Crippen LogP contribution in [0, 0.1) is 34.6 Å². The van der Waals surface area contributed by atoms with Gasteiger partial charge in [0.1, 0.15) is 0 Å². The highest BCUT2D eigenvalue weighted by Crippen LogP contribution is 2.30. The van der Waals surface area contributed by atoms with Crippen molar-refractivity contribution in [2.75, 3.05) is 5.32 Å². The first-order valence-corrected chi connectivity index (χ1v) is 9.83. The molecule has 0 bridgehead atoms. The summed E-state index contributed by atoms with van der Waals surface area (Å²) in [6.07, 6.45) is 0.321. The highest BCUT2D eigenvalue weighted by atomic mass is 16.1. The van der Waals surface area contributed by atoms with Crippen molar-refractivity contribution in [2.45, 2.75) is 41.0 Å². The predicted octanol–water partition coefficient (Wildman–Crippen LogP) is 5.28. The van der Waals surface area contributed by atoms with Gasteiger partial charge in [-0.1, -0.05) is 23.3 Å². The zero-order chi connectivity index (χ0) is 20.7. The molecule has 5 heteroatoms. The fourth-order valence-electron chi connectivity index (χ4n) is 3.95. The maximum absolute atomic E-state index is 13.0. The molecule has 0 saturated heterocycles. The van der Waals surface area contributed by atoms with Crippen molar-refractivity contribution in [3.05, 3.63) is 70.0 Å². The molecule has 4 rings (SSSR count). The lowest BCUT2D eigenvalue weighted by molar-refractivity contribution is -0.115. The van der Waals surface area contributed by atoms with E-state index in [-0.39, 0.29) is 5.91 Å². The maximum atomic E-state index is 13.0. The minimum Gasteiger partial charge on any atom is -0.358 e. The molecule has 148 valence electrons. The van der Waals surface area contributed by atoms with E-state index in [1.54, 1.807) is 0 Å². The standard InChI is InChI=1S/C24H26N4O/c1-13-6-7-21(20(9-13)22-11-16(4)27-28-22)26-23(29)12-18-17(5)25-24-15(3)8-14(2)10-19(18)24/h6-11,25H,12H2,1-5H3,(H,26,29)(H,27,28). The Labute approximate surface area is 170 Å². The van der Waals surface area contributed by atoms with Crippen molar-refractivity contribution < 1.29 is 4.79 Å². The molecule has 0 fully saturated rings. The van der Waals surface area contributed by atoms with E-state index >= 15 is 0 Å². The summed E-state index contributed by atoms with van der Waals surface area (Å²) in [5.41, 5.74) is 10.2. The number of hydrogen-bond acceptors (Lipinski definition) is 2. The quantitative estimate of drug-likeness (QED) is 0.446. The molecule has 1 amide bonds. The predicted molar refractivity (Wildman–Crippen MR) is 118 cm³/mol. The van der Waals surface area contributed by atoms with Crippen LogP contribution in [0.3, 0.4) is 0 Å². The summed E-state index contributed by atoms with van der Waals surface area (Å²) in [5.74, 6) is -0.0366. The molecule has 2 heterocycles. The zero-order valence-electron chi connectivity index (χ0n) is 17.5. The molecular weight excluding hydrogens is 360 g/mol. The average Bonchev–Trinajstić information content (AvgIpc) is 3.21.